The summed E-state index contributed by atoms with van der Waals surface area (Å²) in [6.45, 7) is 6.94. The molecule has 1 aliphatic heterocycles. The maximum Gasteiger partial charge on any atom is 0.138 e. The van der Waals surface area contributed by atoms with Crippen molar-refractivity contribution in [3.8, 4) is 0 Å². The normalized spacial score (nSPS) is 21.4. The van der Waals surface area contributed by atoms with Crippen molar-refractivity contribution < 1.29 is 0 Å². The minimum absolute atomic E-state index is 0.536. The number of nitrogens with zero attached hydrogens (tertiary/aromatic N) is 3. The molecule has 2 heterocycles. The Morgan fingerprint density at radius 1 is 1.75 bits per heavy atom. The summed E-state index contributed by atoms with van der Waals surface area (Å²) in [6, 6.07) is 1.09. The van der Waals surface area contributed by atoms with Crippen molar-refractivity contribution >= 4 is 0 Å². The summed E-state index contributed by atoms with van der Waals surface area (Å²) < 4.78 is 2.02. The molecular formula is C12H20N4. The molecule has 1 aromatic rings. The maximum absolute atomic E-state index is 4.23. The molecule has 4 nitrogen and oxygen atoms in total. The third-order valence-electron chi connectivity index (χ3n) is 3.13. The lowest BCUT2D eigenvalue weighted by molar-refractivity contribution is 0.326. The summed E-state index contributed by atoms with van der Waals surface area (Å²) in [4.78, 5) is 4.23. The van der Waals surface area contributed by atoms with Crippen molar-refractivity contribution in [2.24, 2.45) is 0 Å². The third kappa shape index (κ3) is 2.70. The summed E-state index contributed by atoms with van der Waals surface area (Å²) in [7, 11) is 0. The van der Waals surface area contributed by atoms with Crippen LogP contribution < -0.4 is 5.32 Å². The van der Waals surface area contributed by atoms with Gasteiger partial charge < -0.3 is 5.32 Å². The molecule has 0 aromatic carbocycles. The fourth-order valence-electron chi connectivity index (χ4n) is 2.23. The molecule has 2 rings (SSSR count). The van der Waals surface area contributed by atoms with E-state index >= 15 is 0 Å². The van der Waals surface area contributed by atoms with E-state index < -0.39 is 0 Å². The SMILES string of the molecule is C=CCCC(C)NC1CCc2ncnn2C1. The van der Waals surface area contributed by atoms with Crippen LogP contribution in [0.3, 0.4) is 0 Å². The monoisotopic (exact) mass is 220 g/mol. The molecule has 0 saturated carbocycles. The lowest BCUT2D eigenvalue weighted by atomic mass is 10.1. The Hall–Kier alpha value is -1.16. The number of fused-ring (bicyclic) bond motifs is 1. The summed E-state index contributed by atoms with van der Waals surface area (Å²) in [6.07, 6.45) is 8.07. The molecule has 0 radical (unpaired) electrons. The molecule has 16 heavy (non-hydrogen) atoms. The smallest absolute Gasteiger partial charge is 0.138 e. The zero-order chi connectivity index (χ0) is 11.4. The second-order valence-corrected chi connectivity index (χ2v) is 4.53. The second-order valence-electron chi connectivity index (χ2n) is 4.53. The van der Waals surface area contributed by atoms with Crippen molar-refractivity contribution in [1.82, 2.24) is 20.1 Å². The number of hydrogen-bond donors (Lipinski definition) is 1. The Bertz CT molecular complexity index is 345. The van der Waals surface area contributed by atoms with Crippen LogP contribution >= 0.6 is 0 Å². The van der Waals surface area contributed by atoms with Gasteiger partial charge in [-0.3, -0.25) is 0 Å². The van der Waals surface area contributed by atoms with Crippen LogP contribution in [0.1, 0.15) is 32.0 Å². The van der Waals surface area contributed by atoms with Crippen LogP contribution in [0.2, 0.25) is 0 Å². The quantitative estimate of drug-likeness (QED) is 0.765. The lowest BCUT2D eigenvalue weighted by Gasteiger charge is -2.26. The molecule has 0 aliphatic carbocycles. The lowest BCUT2D eigenvalue weighted by Crippen LogP contribution is -2.42. The van der Waals surface area contributed by atoms with Gasteiger partial charge in [0, 0.05) is 18.5 Å². The van der Waals surface area contributed by atoms with Crippen LogP contribution in [0.4, 0.5) is 0 Å². The fraction of sp³-hybridized carbons (Fsp3) is 0.667. The highest BCUT2D eigenvalue weighted by atomic mass is 15.3. The first-order chi connectivity index (χ1) is 7.79. The molecule has 4 heteroatoms. The minimum atomic E-state index is 0.536. The van der Waals surface area contributed by atoms with Gasteiger partial charge in [0.15, 0.2) is 0 Å². The number of aryl methyl sites for hydroxylation is 1. The predicted molar refractivity (Wildman–Crippen MR) is 64.2 cm³/mol. The van der Waals surface area contributed by atoms with Crippen LogP contribution in [-0.2, 0) is 13.0 Å². The molecular weight excluding hydrogens is 200 g/mol. The zero-order valence-corrected chi connectivity index (χ0v) is 9.89. The molecule has 2 atom stereocenters. The largest absolute Gasteiger partial charge is 0.310 e. The highest BCUT2D eigenvalue weighted by Crippen LogP contribution is 2.12. The van der Waals surface area contributed by atoms with Crippen LogP contribution in [0.5, 0.6) is 0 Å². The van der Waals surface area contributed by atoms with Gasteiger partial charge in [-0.25, -0.2) is 9.67 Å². The van der Waals surface area contributed by atoms with E-state index in [-0.39, 0.29) is 0 Å². The van der Waals surface area contributed by atoms with Crippen molar-refractivity contribution in [2.45, 2.75) is 51.2 Å². The molecule has 1 aliphatic rings. The van der Waals surface area contributed by atoms with Gasteiger partial charge in [0.25, 0.3) is 0 Å². The molecule has 1 aromatic heterocycles. The van der Waals surface area contributed by atoms with Gasteiger partial charge in [-0.05, 0) is 26.2 Å². The predicted octanol–water partition coefficient (Wildman–Crippen LogP) is 1.54. The Morgan fingerprint density at radius 3 is 3.44 bits per heavy atom. The standard InChI is InChI=1S/C12H20N4/c1-3-4-5-10(2)15-11-6-7-12-13-9-14-16(12)8-11/h3,9-11,15H,1,4-8H2,2H3. The molecule has 88 valence electrons. The van der Waals surface area contributed by atoms with Gasteiger partial charge in [-0.2, -0.15) is 5.10 Å². The average molecular weight is 220 g/mol. The first-order valence-electron chi connectivity index (χ1n) is 6.03. The summed E-state index contributed by atoms with van der Waals surface area (Å²) in [5.74, 6) is 1.12. The molecule has 1 N–H and O–H groups in total. The summed E-state index contributed by atoms with van der Waals surface area (Å²) in [5.41, 5.74) is 0. The second kappa shape index (κ2) is 5.25. The van der Waals surface area contributed by atoms with E-state index in [4.69, 9.17) is 0 Å². The van der Waals surface area contributed by atoms with E-state index in [0.29, 0.717) is 12.1 Å². The Labute approximate surface area is 96.8 Å². The van der Waals surface area contributed by atoms with Crippen LogP contribution in [-0.4, -0.2) is 26.8 Å². The van der Waals surface area contributed by atoms with Crippen molar-refractivity contribution in [2.75, 3.05) is 0 Å². The van der Waals surface area contributed by atoms with Crippen LogP contribution in [0.25, 0.3) is 0 Å². The minimum Gasteiger partial charge on any atom is -0.310 e. The van der Waals surface area contributed by atoms with Gasteiger partial charge in [0.2, 0.25) is 0 Å². The molecule has 0 saturated heterocycles. The molecule has 0 bridgehead atoms. The Kier molecular flexibility index (Phi) is 3.72. The van der Waals surface area contributed by atoms with Gasteiger partial charge in [0.1, 0.15) is 12.2 Å². The first-order valence-corrected chi connectivity index (χ1v) is 6.03. The number of allylic oxidation sites excluding steroid dienone is 1. The van der Waals surface area contributed by atoms with Gasteiger partial charge in [-0.15, -0.1) is 6.58 Å². The Morgan fingerprint density at radius 2 is 2.62 bits per heavy atom. The first kappa shape index (κ1) is 11.3. The number of nitrogens with one attached hydrogen (secondary N) is 1. The van der Waals surface area contributed by atoms with E-state index in [1.807, 2.05) is 10.8 Å². The molecule has 2 unspecified atom stereocenters. The van der Waals surface area contributed by atoms with Crippen LogP contribution in [0.15, 0.2) is 19.0 Å². The maximum atomic E-state index is 4.23. The topological polar surface area (TPSA) is 42.7 Å². The number of hydrogen-bond acceptors (Lipinski definition) is 3. The fourth-order valence-corrected chi connectivity index (χ4v) is 2.23. The van der Waals surface area contributed by atoms with E-state index in [1.54, 1.807) is 6.33 Å². The van der Waals surface area contributed by atoms with E-state index in [1.165, 1.54) is 0 Å². The van der Waals surface area contributed by atoms with Crippen molar-refractivity contribution in [3.05, 3.63) is 24.8 Å². The average Bonchev–Trinajstić information content (AvgIpc) is 2.73. The number of rotatable bonds is 5. The van der Waals surface area contributed by atoms with Gasteiger partial charge in [-0.1, -0.05) is 6.08 Å². The van der Waals surface area contributed by atoms with Crippen molar-refractivity contribution in [1.29, 1.82) is 0 Å². The molecule has 0 spiro atoms. The van der Waals surface area contributed by atoms with E-state index in [9.17, 15) is 0 Å². The third-order valence-corrected chi connectivity index (χ3v) is 3.13. The Balaban J connectivity index is 1.82. The summed E-state index contributed by atoms with van der Waals surface area (Å²) >= 11 is 0. The highest BCUT2D eigenvalue weighted by Gasteiger charge is 2.20. The molecule has 0 amide bonds. The van der Waals surface area contributed by atoms with E-state index in [0.717, 1.165) is 38.1 Å². The van der Waals surface area contributed by atoms with Crippen LogP contribution in [0, 0.1) is 0 Å². The summed E-state index contributed by atoms with van der Waals surface area (Å²) in [5, 5.41) is 7.87. The van der Waals surface area contributed by atoms with E-state index in [2.05, 4.69) is 28.9 Å². The van der Waals surface area contributed by atoms with Gasteiger partial charge >= 0.3 is 0 Å². The zero-order valence-electron chi connectivity index (χ0n) is 9.89. The van der Waals surface area contributed by atoms with Crippen molar-refractivity contribution in [3.63, 3.8) is 0 Å². The van der Waals surface area contributed by atoms with Gasteiger partial charge in [0.05, 0.1) is 6.54 Å². The highest BCUT2D eigenvalue weighted by molar-refractivity contribution is 4.92. The molecule has 0 fully saturated rings. The number of aromatic nitrogens is 3.